The lowest BCUT2D eigenvalue weighted by molar-refractivity contribution is 0.201. The molecule has 5 heteroatoms. The summed E-state index contributed by atoms with van der Waals surface area (Å²) >= 11 is 1.72. The number of rotatable bonds is 6. The molecular weight excluding hydrogens is 282 g/mol. The van der Waals surface area contributed by atoms with Crippen molar-refractivity contribution in [2.45, 2.75) is 12.5 Å². The highest BCUT2D eigenvalue weighted by Gasteiger charge is 2.16. The molecule has 1 unspecified atom stereocenters. The molecule has 2 aromatic heterocycles. The van der Waals surface area contributed by atoms with Gasteiger partial charge in [-0.2, -0.15) is 0 Å². The normalized spacial score (nSPS) is 12.4. The van der Waals surface area contributed by atoms with Crippen LogP contribution in [-0.4, -0.2) is 23.6 Å². The Morgan fingerprint density at radius 2 is 2.10 bits per heavy atom. The Labute approximate surface area is 127 Å². The molecule has 0 spiro atoms. The number of aromatic nitrogens is 2. The summed E-state index contributed by atoms with van der Waals surface area (Å²) in [5, 5.41) is 5.26. The van der Waals surface area contributed by atoms with Crippen LogP contribution in [0.4, 0.5) is 0 Å². The van der Waals surface area contributed by atoms with E-state index in [9.17, 15) is 0 Å². The van der Waals surface area contributed by atoms with Crippen LogP contribution in [0.3, 0.4) is 0 Å². The largest absolute Gasteiger partial charge is 0.482 e. The van der Waals surface area contributed by atoms with Crippen molar-refractivity contribution in [2.75, 3.05) is 13.6 Å². The van der Waals surface area contributed by atoms with E-state index in [1.165, 1.54) is 4.88 Å². The standard InChI is InChI=1S/C16H17N3OS/c1-17-8-7-13(15-6-3-11-21-15)20-14-5-2-4-12-16(14)19-10-9-18-12/h2-6,9-11,13,17H,7-8H2,1H3. The van der Waals surface area contributed by atoms with E-state index in [0.717, 1.165) is 29.7 Å². The van der Waals surface area contributed by atoms with Crippen LogP contribution in [0.25, 0.3) is 11.0 Å². The fraction of sp³-hybridized carbons (Fsp3) is 0.250. The molecule has 0 radical (unpaired) electrons. The predicted octanol–water partition coefficient (Wildman–Crippen LogP) is 3.42. The Bertz CT molecular complexity index is 694. The number of para-hydroxylation sites is 1. The highest BCUT2D eigenvalue weighted by atomic mass is 32.1. The number of benzene rings is 1. The molecule has 0 bridgehead atoms. The molecule has 2 heterocycles. The third kappa shape index (κ3) is 3.20. The minimum atomic E-state index is 0.0325. The van der Waals surface area contributed by atoms with Gasteiger partial charge >= 0.3 is 0 Å². The molecular formula is C16H17N3OS. The Kier molecular flexibility index (Phi) is 4.43. The zero-order valence-corrected chi connectivity index (χ0v) is 12.6. The van der Waals surface area contributed by atoms with Gasteiger partial charge in [-0.25, -0.2) is 4.98 Å². The number of nitrogens with zero attached hydrogens (tertiary/aromatic N) is 2. The number of fused-ring (bicyclic) bond motifs is 1. The summed E-state index contributed by atoms with van der Waals surface area (Å²) in [5.41, 5.74) is 1.67. The zero-order valence-electron chi connectivity index (χ0n) is 11.8. The van der Waals surface area contributed by atoms with Crippen LogP contribution in [0.2, 0.25) is 0 Å². The Morgan fingerprint density at radius 1 is 1.19 bits per heavy atom. The van der Waals surface area contributed by atoms with Crippen molar-refractivity contribution < 1.29 is 4.74 Å². The first kappa shape index (κ1) is 14.0. The smallest absolute Gasteiger partial charge is 0.148 e. The maximum Gasteiger partial charge on any atom is 0.148 e. The summed E-state index contributed by atoms with van der Waals surface area (Å²) in [7, 11) is 1.95. The average Bonchev–Trinajstić information content (AvgIpc) is 3.06. The maximum atomic E-state index is 6.24. The van der Waals surface area contributed by atoms with Crippen molar-refractivity contribution >= 4 is 22.4 Å². The minimum absolute atomic E-state index is 0.0325. The van der Waals surface area contributed by atoms with Gasteiger partial charge in [0.25, 0.3) is 0 Å². The van der Waals surface area contributed by atoms with E-state index >= 15 is 0 Å². The second-order valence-electron chi connectivity index (χ2n) is 4.69. The van der Waals surface area contributed by atoms with Crippen molar-refractivity contribution in [3.8, 4) is 5.75 Å². The molecule has 1 aromatic carbocycles. The lowest BCUT2D eigenvalue weighted by atomic mass is 10.2. The van der Waals surface area contributed by atoms with E-state index in [1.54, 1.807) is 23.7 Å². The lowest BCUT2D eigenvalue weighted by Gasteiger charge is -2.18. The lowest BCUT2D eigenvalue weighted by Crippen LogP contribution is -2.15. The summed E-state index contributed by atoms with van der Waals surface area (Å²) in [6, 6.07) is 10.0. The monoisotopic (exact) mass is 299 g/mol. The molecule has 21 heavy (non-hydrogen) atoms. The molecule has 0 aliphatic carbocycles. The molecule has 3 aromatic rings. The van der Waals surface area contributed by atoms with Crippen molar-refractivity contribution in [3.63, 3.8) is 0 Å². The van der Waals surface area contributed by atoms with Crippen molar-refractivity contribution in [1.29, 1.82) is 0 Å². The van der Waals surface area contributed by atoms with Gasteiger partial charge in [0.2, 0.25) is 0 Å². The van der Waals surface area contributed by atoms with Gasteiger partial charge in [0.15, 0.2) is 0 Å². The SMILES string of the molecule is CNCCC(Oc1cccc2nccnc12)c1cccs1. The Morgan fingerprint density at radius 3 is 2.90 bits per heavy atom. The molecule has 0 amide bonds. The molecule has 108 valence electrons. The predicted molar refractivity (Wildman–Crippen MR) is 85.8 cm³/mol. The van der Waals surface area contributed by atoms with Crippen LogP contribution in [-0.2, 0) is 0 Å². The van der Waals surface area contributed by atoms with Crippen molar-refractivity contribution in [1.82, 2.24) is 15.3 Å². The highest BCUT2D eigenvalue weighted by Crippen LogP contribution is 2.31. The second-order valence-corrected chi connectivity index (χ2v) is 5.67. The average molecular weight is 299 g/mol. The number of hydrogen-bond acceptors (Lipinski definition) is 5. The molecule has 0 aliphatic heterocycles. The number of thiophene rings is 1. The fourth-order valence-electron chi connectivity index (χ4n) is 2.22. The van der Waals surface area contributed by atoms with E-state index < -0.39 is 0 Å². The molecule has 0 aliphatic rings. The molecule has 0 saturated carbocycles. The van der Waals surface area contributed by atoms with Crippen LogP contribution >= 0.6 is 11.3 Å². The summed E-state index contributed by atoms with van der Waals surface area (Å²) < 4.78 is 6.24. The van der Waals surface area contributed by atoms with Gasteiger partial charge in [-0.15, -0.1) is 11.3 Å². The van der Waals surface area contributed by atoms with E-state index in [0.29, 0.717) is 0 Å². The van der Waals surface area contributed by atoms with Crippen LogP contribution < -0.4 is 10.1 Å². The van der Waals surface area contributed by atoms with Gasteiger partial charge in [-0.3, -0.25) is 4.98 Å². The zero-order chi connectivity index (χ0) is 14.5. The number of hydrogen-bond donors (Lipinski definition) is 1. The summed E-state index contributed by atoms with van der Waals surface area (Å²) in [6.45, 7) is 0.902. The fourth-order valence-corrected chi connectivity index (χ4v) is 3.01. The third-order valence-electron chi connectivity index (χ3n) is 3.25. The first-order valence-corrected chi connectivity index (χ1v) is 7.81. The van der Waals surface area contributed by atoms with E-state index in [4.69, 9.17) is 4.74 Å². The topological polar surface area (TPSA) is 47.0 Å². The third-order valence-corrected chi connectivity index (χ3v) is 4.21. The summed E-state index contributed by atoms with van der Waals surface area (Å²) in [5.74, 6) is 0.787. The molecule has 0 fully saturated rings. The highest BCUT2D eigenvalue weighted by molar-refractivity contribution is 7.10. The first-order valence-electron chi connectivity index (χ1n) is 6.93. The van der Waals surface area contributed by atoms with Gasteiger partial charge in [0, 0.05) is 23.7 Å². The maximum absolute atomic E-state index is 6.24. The van der Waals surface area contributed by atoms with Gasteiger partial charge in [-0.05, 0) is 37.2 Å². The number of nitrogens with one attached hydrogen (secondary N) is 1. The number of ether oxygens (including phenoxy) is 1. The molecule has 3 rings (SSSR count). The van der Waals surface area contributed by atoms with Gasteiger partial charge < -0.3 is 10.1 Å². The van der Waals surface area contributed by atoms with Crippen LogP contribution in [0.5, 0.6) is 5.75 Å². The van der Waals surface area contributed by atoms with Gasteiger partial charge in [-0.1, -0.05) is 12.1 Å². The van der Waals surface area contributed by atoms with Crippen LogP contribution in [0.15, 0.2) is 48.1 Å². The van der Waals surface area contributed by atoms with Gasteiger partial charge in [0.05, 0.1) is 5.52 Å². The summed E-state index contributed by atoms with van der Waals surface area (Å²) in [6.07, 6.45) is 4.34. The molecule has 1 N–H and O–H groups in total. The summed E-state index contributed by atoms with van der Waals surface area (Å²) in [4.78, 5) is 9.95. The molecule has 0 saturated heterocycles. The minimum Gasteiger partial charge on any atom is -0.482 e. The van der Waals surface area contributed by atoms with Crippen LogP contribution in [0.1, 0.15) is 17.4 Å². The van der Waals surface area contributed by atoms with Gasteiger partial charge in [0.1, 0.15) is 17.4 Å². The van der Waals surface area contributed by atoms with E-state index in [2.05, 4.69) is 32.8 Å². The molecule has 1 atom stereocenters. The first-order chi connectivity index (χ1) is 10.4. The van der Waals surface area contributed by atoms with E-state index in [-0.39, 0.29) is 6.10 Å². The van der Waals surface area contributed by atoms with Crippen LogP contribution in [0, 0.1) is 0 Å². The quantitative estimate of drug-likeness (QED) is 0.757. The van der Waals surface area contributed by atoms with Crippen molar-refractivity contribution in [3.05, 3.63) is 53.0 Å². The Balaban J connectivity index is 1.90. The Hall–Kier alpha value is -1.98. The molecule has 4 nitrogen and oxygen atoms in total. The second kappa shape index (κ2) is 6.65. The van der Waals surface area contributed by atoms with Crippen molar-refractivity contribution in [2.24, 2.45) is 0 Å². The van der Waals surface area contributed by atoms with E-state index in [1.807, 2.05) is 25.2 Å².